The molecular formula is C23H27ClN4O2S. The molecule has 1 aromatic carbocycles. The number of rotatable bonds is 4. The van der Waals surface area contributed by atoms with Crippen molar-refractivity contribution < 1.29 is 0 Å². The number of benzene rings is 1. The molecule has 0 spiro atoms. The van der Waals surface area contributed by atoms with Gasteiger partial charge in [-0.05, 0) is 69.2 Å². The van der Waals surface area contributed by atoms with Gasteiger partial charge in [0, 0.05) is 36.1 Å². The lowest BCUT2D eigenvalue weighted by Crippen LogP contribution is -2.41. The Bertz CT molecular complexity index is 1220. The summed E-state index contributed by atoms with van der Waals surface area (Å²) < 4.78 is 3.17. The van der Waals surface area contributed by atoms with Gasteiger partial charge in [-0.1, -0.05) is 18.0 Å². The Balaban J connectivity index is 1.68. The molecule has 5 rings (SSSR count). The molecule has 4 heterocycles. The zero-order valence-corrected chi connectivity index (χ0v) is 19.3. The van der Waals surface area contributed by atoms with Crippen molar-refractivity contribution in [3.63, 3.8) is 0 Å². The minimum Gasteiger partial charge on any atom is -0.302 e. The van der Waals surface area contributed by atoms with Crippen molar-refractivity contribution >= 4 is 33.2 Å². The maximum absolute atomic E-state index is 13.6. The van der Waals surface area contributed by atoms with E-state index < -0.39 is 0 Å². The number of hydrogen-bond acceptors (Lipinski definition) is 5. The second-order valence-corrected chi connectivity index (χ2v) is 10.1. The van der Waals surface area contributed by atoms with E-state index in [1.165, 1.54) is 28.7 Å². The Kier molecular flexibility index (Phi) is 5.77. The summed E-state index contributed by atoms with van der Waals surface area (Å²) in [7, 11) is 2.10. The van der Waals surface area contributed by atoms with Crippen LogP contribution in [0.3, 0.4) is 0 Å². The lowest BCUT2D eigenvalue weighted by atomic mass is 10.1. The highest BCUT2D eigenvalue weighted by atomic mass is 35.5. The van der Waals surface area contributed by atoms with Crippen LogP contribution >= 0.6 is 22.9 Å². The van der Waals surface area contributed by atoms with Gasteiger partial charge in [0.15, 0.2) is 0 Å². The second-order valence-electron chi connectivity index (χ2n) is 8.63. The number of likely N-dealkylation sites (tertiary alicyclic amines) is 1. The third-order valence-electron chi connectivity index (χ3n) is 6.49. The Hall–Kier alpha value is -1.93. The zero-order chi connectivity index (χ0) is 21.5. The topological polar surface area (TPSA) is 50.5 Å². The molecule has 3 aromatic rings. The Morgan fingerprint density at radius 2 is 1.74 bits per heavy atom. The van der Waals surface area contributed by atoms with Crippen molar-refractivity contribution in [3.05, 3.63) is 60.6 Å². The van der Waals surface area contributed by atoms with Crippen molar-refractivity contribution in [2.24, 2.45) is 0 Å². The van der Waals surface area contributed by atoms with Gasteiger partial charge in [0.25, 0.3) is 5.56 Å². The van der Waals surface area contributed by atoms with Crippen LogP contribution in [0.25, 0.3) is 15.9 Å². The maximum atomic E-state index is 13.6. The van der Waals surface area contributed by atoms with E-state index in [1.54, 1.807) is 35.6 Å². The molecule has 31 heavy (non-hydrogen) atoms. The summed E-state index contributed by atoms with van der Waals surface area (Å²) in [6.45, 7) is 5.34. The van der Waals surface area contributed by atoms with E-state index in [2.05, 4.69) is 16.8 Å². The summed E-state index contributed by atoms with van der Waals surface area (Å²) in [6.07, 6.45) is 4.56. The average Bonchev–Trinajstić information content (AvgIpc) is 3.14. The fourth-order valence-electron chi connectivity index (χ4n) is 4.77. The number of thiophene rings is 1. The monoisotopic (exact) mass is 458 g/mol. The molecule has 1 saturated heterocycles. The molecule has 2 aliphatic heterocycles. The van der Waals surface area contributed by atoms with Gasteiger partial charge in [0.2, 0.25) is 0 Å². The number of aromatic nitrogens is 2. The highest BCUT2D eigenvalue weighted by molar-refractivity contribution is 7.18. The lowest BCUT2D eigenvalue weighted by molar-refractivity contribution is 0.220. The minimum absolute atomic E-state index is 0.210. The predicted molar refractivity (Wildman–Crippen MR) is 127 cm³/mol. The molecule has 2 aromatic heterocycles. The lowest BCUT2D eigenvalue weighted by Gasteiger charge is -2.26. The van der Waals surface area contributed by atoms with E-state index in [-0.39, 0.29) is 11.2 Å². The fraction of sp³-hybridized carbons (Fsp3) is 0.478. The molecule has 164 valence electrons. The number of hydrogen-bond donors (Lipinski definition) is 0. The molecule has 8 heteroatoms. The Morgan fingerprint density at radius 1 is 1.00 bits per heavy atom. The highest BCUT2D eigenvalue weighted by Crippen LogP contribution is 2.32. The molecule has 0 aliphatic carbocycles. The average molecular weight is 459 g/mol. The number of piperidine rings is 1. The number of halogens is 1. The Labute approximate surface area is 190 Å². The van der Waals surface area contributed by atoms with Crippen LogP contribution in [0.5, 0.6) is 0 Å². The van der Waals surface area contributed by atoms with Crippen LogP contribution in [0.1, 0.15) is 29.7 Å². The normalized spacial score (nSPS) is 17.9. The molecular weight excluding hydrogens is 432 g/mol. The summed E-state index contributed by atoms with van der Waals surface area (Å²) >= 11 is 7.67. The standard InChI is InChI=1S/C23H27ClN4O2S/c1-25-12-9-18-19(15-25)31-22-20(18)21(29)28(17-7-5-16(24)6-8-17)23(30)27(22)14-13-26-10-3-2-4-11-26/h5-8H,2-4,9-15H2,1H3. The number of fused-ring (bicyclic) bond motifs is 3. The van der Waals surface area contributed by atoms with E-state index in [0.717, 1.165) is 54.9 Å². The number of likely N-dealkylation sites (N-methyl/N-ethyl adjacent to an activating group) is 1. The molecule has 0 atom stereocenters. The van der Waals surface area contributed by atoms with Crippen LogP contribution in [0.2, 0.25) is 5.02 Å². The molecule has 0 amide bonds. The Morgan fingerprint density at radius 3 is 2.48 bits per heavy atom. The molecule has 0 unspecified atom stereocenters. The fourth-order valence-corrected chi connectivity index (χ4v) is 6.34. The third kappa shape index (κ3) is 3.89. The SMILES string of the molecule is CN1CCc2c(sc3c2c(=O)n(-c2ccc(Cl)cc2)c(=O)n3CCN2CCCCC2)C1. The quantitative estimate of drug-likeness (QED) is 0.601. The summed E-state index contributed by atoms with van der Waals surface area (Å²) in [5, 5.41) is 1.31. The van der Waals surface area contributed by atoms with Gasteiger partial charge in [0.1, 0.15) is 4.83 Å². The van der Waals surface area contributed by atoms with Crippen LogP contribution < -0.4 is 11.2 Å². The number of nitrogens with zero attached hydrogens (tertiary/aromatic N) is 4. The van der Waals surface area contributed by atoms with Crippen LogP contribution in [-0.4, -0.2) is 52.2 Å². The van der Waals surface area contributed by atoms with Gasteiger partial charge in [0.05, 0.1) is 11.1 Å². The minimum atomic E-state index is -0.260. The largest absolute Gasteiger partial charge is 0.336 e. The van der Waals surface area contributed by atoms with Gasteiger partial charge in [-0.15, -0.1) is 11.3 Å². The summed E-state index contributed by atoms with van der Waals surface area (Å²) in [5.41, 5.74) is 1.22. The van der Waals surface area contributed by atoms with E-state index in [4.69, 9.17) is 11.6 Å². The van der Waals surface area contributed by atoms with Gasteiger partial charge in [-0.25, -0.2) is 9.36 Å². The first-order valence-corrected chi connectivity index (χ1v) is 12.2. The van der Waals surface area contributed by atoms with Crippen molar-refractivity contribution in [1.29, 1.82) is 0 Å². The zero-order valence-electron chi connectivity index (χ0n) is 17.8. The second kappa shape index (κ2) is 8.54. The first-order chi connectivity index (χ1) is 15.0. The highest BCUT2D eigenvalue weighted by Gasteiger charge is 2.26. The van der Waals surface area contributed by atoms with Crippen molar-refractivity contribution in [2.75, 3.05) is 33.2 Å². The van der Waals surface area contributed by atoms with Crippen molar-refractivity contribution in [3.8, 4) is 5.69 Å². The molecule has 0 radical (unpaired) electrons. The van der Waals surface area contributed by atoms with Crippen LogP contribution in [0, 0.1) is 0 Å². The molecule has 1 fully saturated rings. The molecule has 2 aliphatic rings. The maximum Gasteiger partial charge on any atom is 0.336 e. The first-order valence-electron chi connectivity index (χ1n) is 11.0. The van der Waals surface area contributed by atoms with E-state index in [9.17, 15) is 9.59 Å². The van der Waals surface area contributed by atoms with Crippen LogP contribution in [0.4, 0.5) is 0 Å². The van der Waals surface area contributed by atoms with E-state index >= 15 is 0 Å². The van der Waals surface area contributed by atoms with Gasteiger partial charge >= 0.3 is 5.69 Å². The van der Waals surface area contributed by atoms with Gasteiger partial charge in [-0.2, -0.15) is 0 Å². The smallest absolute Gasteiger partial charge is 0.302 e. The van der Waals surface area contributed by atoms with Gasteiger partial charge < -0.3 is 9.80 Å². The van der Waals surface area contributed by atoms with Crippen LogP contribution in [0.15, 0.2) is 33.9 Å². The summed E-state index contributed by atoms with van der Waals surface area (Å²) in [4.78, 5) is 34.0. The molecule has 0 saturated carbocycles. The molecule has 0 bridgehead atoms. The van der Waals surface area contributed by atoms with Crippen LogP contribution in [-0.2, 0) is 19.5 Å². The molecule has 6 nitrogen and oxygen atoms in total. The van der Waals surface area contributed by atoms with Gasteiger partial charge in [-0.3, -0.25) is 9.36 Å². The third-order valence-corrected chi connectivity index (χ3v) is 7.98. The van der Waals surface area contributed by atoms with Crippen molar-refractivity contribution in [2.45, 2.75) is 38.8 Å². The summed E-state index contributed by atoms with van der Waals surface area (Å²) in [6, 6.07) is 6.95. The van der Waals surface area contributed by atoms with Crippen molar-refractivity contribution in [1.82, 2.24) is 18.9 Å². The molecule has 0 N–H and O–H groups in total. The summed E-state index contributed by atoms with van der Waals surface area (Å²) in [5.74, 6) is 0. The first kappa shape index (κ1) is 20.9. The van der Waals surface area contributed by atoms with E-state index in [1.807, 2.05) is 4.57 Å². The van der Waals surface area contributed by atoms with E-state index in [0.29, 0.717) is 17.3 Å². The predicted octanol–water partition coefficient (Wildman–Crippen LogP) is 3.34.